The van der Waals surface area contributed by atoms with E-state index in [0.29, 0.717) is 28.9 Å². The third-order valence-corrected chi connectivity index (χ3v) is 4.77. The highest BCUT2D eigenvalue weighted by Gasteiger charge is 2.31. The van der Waals surface area contributed by atoms with Gasteiger partial charge < -0.3 is 9.72 Å². The molecule has 5 nitrogen and oxygen atoms in total. The van der Waals surface area contributed by atoms with Gasteiger partial charge in [-0.25, -0.2) is 4.98 Å². The van der Waals surface area contributed by atoms with Crippen molar-refractivity contribution in [2.75, 3.05) is 19.7 Å². The molecule has 0 radical (unpaired) electrons. The SMILES string of the molecule is CC(C)N1CCOC(c2nc(C3CC3)c(Br)c(=O)[nH]2)C1. The minimum atomic E-state index is -0.135. The lowest BCUT2D eigenvalue weighted by atomic mass is 10.2. The second-order valence-corrected chi connectivity index (χ2v) is 6.67. The molecule has 1 saturated heterocycles. The number of rotatable bonds is 3. The number of nitrogens with zero attached hydrogens (tertiary/aromatic N) is 2. The standard InChI is InChI=1S/C14H20BrN3O2/c1-8(2)18-5-6-20-10(7-18)13-16-12(9-3-4-9)11(15)14(19)17-13/h8-10H,3-7H2,1-2H3,(H,16,17,19). The summed E-state index contributed by atoms with van der Waals surface area (Å²) in [7, 11) is 0. The summed E-state index contributed by atoms with van der Waals surface area (Å²) in [5, 5.41) is 0. The maximum atomic E-state index is 12.0. The summed E-state index contributed by atoms with van der Waals surface area (Å²) in [5.41, 5.74) is 0.802. The molecule has 0 spiro atoms. The summed E-state index contributed by atoms with van der Waals surface area (Å²) in [6, 6.07) is 0.478. The maximum absolute atomic E-state index is 12.0. The van der Waals surface area contributed by atoms with E-state index < -0.39 is 0 Å². The van der Waals surface area contributed by atoms with Crippen LogP contribution < -0.4 is 5.56 Å². The molecule has 1 aliphatic heterocycles. The lowest BCUT2D eigenvalue weighted by molar-refractivity contribution is -0.0444. The molecule has 1 aromatic heterocycles. The number of nitrogens with one attached hydrogen (secondary N) is 1. The Kier molecular flexibility index (Phi) is 3.97. The van der Waals surface area contributed by atoms with Crippen molar-refractivity contribution < 1.29 is 4.74 Å². The zero-order chi connectivity index (χ0) is 14.3. The molecule has 1 aliphatic carbocycles. The molecule has 1 unspecified atom stereocenters. The fourth-order valence-electron chi connectivity index (χ4n) is 2.58. The molecule has 3 rings (SSSR count). The van der Waals surface area contributed by atoms with Crippen molar-refractivity contribution in [3.05, 3.63) is 26.3 Å². The Balaban J connectivity index is 1.88. The summed E-state index contributed by atoms with van der Waals surface area (Å²) in [6.45, 7) is 6.75. The molecule has 0 bridgehead atoms. The largest absolute Gasteiger partial charge is 0.368 e. The molecule has 110 valence electrons. The topological polar surface area (TPSA) is 58.2 Å². The molecule has 0 amide bonds. The number of halogens is 1. The van der Waals surface area contributed by atoms with Crippen molar-refractivity contribution in [1.29, 1.82) is 0 Å². The average Bonchev–Trinajstić information content (AvgIpc) is 3.26. The Morgan fingerprint density at radius 3 is 2.85 bits per heavy atom. The van der Waals surface area contributed by atoms with Crippen LogP contribution >= 0.6 is 15.9 Å². The summed E-state index contributed by atoms with van der Waals surface area (Å²) >= 11 is 3.36. The highest BCUT2D eigenvalue weighted by Crippen LogP contribution is 2.41. The van der Waals surface area contributed by atoms with E-state index in [-0.39, 0.29) is 11.7 Å². The molecule has 1 atom stereocenters. The summed E-state index contributed by atoms with van der Waals surface area (Å²) in [6.07, 6.45) is 2.11. The van der Waals surface area contributed by atoms with Gasteiger partial charge in [0.1, 0.15) is 16.4 Å². The molecule has 1 saturated carbocycles. The zero-order valence-electron chi connectivity index (χ0n) is 11.9. The fourth-order valence-corrected chi connectivity index (χ4v) is 3.09. The summed E-state index contributed by atoms with van der Waals surface area (Å²) in [5.74, 6) is 1.11. The van der Waals surface area contributed by atoms with Crippen LogP contribution in [0.3, 0.4) is 0 Å². The van der Waals surface area contributed by atoms with Crippen LogP contribution in [0.2, 0.25) is 0 Å². The second kappa shape index (κ2) is 5.58. The highest BCUT2D eigenvalue weighted by molar-refractivity contribution is 9.10. The van der Waals surface area contributed by atoms with Crippen LogP contribution in [-0.2, 0) is 4.74 Å². The molecule has 6 heteroatoms. The predicted octanol–water partition coefficient (Wildman–Crippen LogP) is 2.19. The van der Waals surface area contributed by atoms with Gasteiger partial charge in [-0.2, -0.15) is 0 Å². The zero-order valence-corrected chi connectivity index (χ0v) is 13.4. The van der Waals surface area contributed by atoms with Gasteiger partial charge in [-0.1, -0.05) is 0 Å². The van der Waals surface area contributed by atoms with Gasteiger partial charge in [0.05, 0.1) is 12.3 Å². The van der Waals surface area contributed by atoms with E-state index in [2.05, 4.69) is 44.6 Å². The first-order valence-electron chi connectivity index (χ1n) is 7.21. The molecule has 20 heavy (non-hydrogen) atoms. The highest BCUT2D eigenvalue weighted by atomic mass is 79.9. The molecule has 2 heterocycles. The quantitative estimate of drug-likeness (QED) is 0.915. The lowest BCUT2D eigenvalue weighted by Gasteiger charge is -2.35. The van der Waals surface area contributed by atoms with E-state index in [1.165, 1.54) is 0 Å². The van der Waals surface area contributed by atoms with Gasteiger partial charge in [0.25, 0.3) is 5.56 Å². The van der Waals surface area contributed by atoms with Crippen LogP contribution in [0.5, 0.6) is 0 Å². The van der Waals surface area contributed by atoms with Gasteiger partial charge >= 0.3 is 0 Å². The number of hydrogen-bond donors (Lipinski definition) is 1. The Labute approximate surface area is 126 Å². The number of aromatic amines is 1. The van der Waals surface area contributed by atoms with E-state index in [4.69, 9.17) is 4.74 Å². The molecule has 2 aliphatic rings. The van der Waals surface area contributed by atoms with Crippen LogP contribution in [0.1, 0.15) is 50.2 Å². The first-order valence-corrected chi connectivity index (χ1v) is 8.01. The summed E-state index contributed by atoms with van der Waals surface area (Å²) in [4.78, 5) is 21.9. The molecular formula is C14H20BrN3O2. The third kappa shape index (κ3) is 2.82. The monoisotopic (exact) mass is 341 g/mol. The van der Waals surface area contributed by atoms with Crippen molar-refractivity contribution in [2.24, 2.45) is 0 Å². The third-order valence-electron chi connectivity index (χ3n) is 4.00. The van der Waals surface area contributed by atoms with Crippen LogP contribution in [0.4, 0.5) is 0 Å². The van der Waals surface area contributed by atoms with Crippen molar-refractivity contribution in [3.63, 3.8) is 0 Å². The molecule has 1 aromatic rings. The van der Waals surface area contributed by atoms with E-state index in [0.717, 1.165) is 31.6 Å². The minimum absolute atomic E-state index is 0.0952. The van der Waals surface area contributed by atoms with Crippen molar-refractivity contribution in [2.45, 2.75) is 44.8 Å². The van der Waals surface area contributed by atoms with Crippen LogP contribution in [0.15, 0.2) is 9.27 Å². The van der Waals surface area contributed by atoms with Gasteiger partial charge in [-0.15, -0.1) is 0 Å². The second-order valence-electron chi connectivity index (χ2n) is 5.87. The Bertz CT molecular complexity index is 554. The number of H-pyrrole nitrogens is 1. The van der Waals surface area contributed by atoms with Crippen molar-refractivity contribution >= 4 is 15.9 Å². The van der Waals surface area contributed by atoms with Crippen LogP contribution in [0, 0.1) is 0 Å². The Morgan fingerprint density at radius 1 is 1.45 bits per heavy atom. The van der Waals surface area contributed by atoms with Gasteiger partial charge in [0.2, 0.25) is 0 Å². The molecule has 2 fully saturated rings. The first-order chi connectivity index (χ1) is 9.56. The van der Waals surface area contributed by atoms with Gasteiger partial charge in [0, 0.05) is 25.0 Å². The molecule has 1 N–H and O–H groups in total. The normalized spacial score (nSPS) is 24.3. The summed E-state index contributed by atoms with van der Waals surface area (Å²) < 4.78 is 6.39. The lowest BCUT2D eigenvalue weighted by Crippen LogP contribution is -2.43. The predicted molar refractivity (Wildman–Crippen MR) is 79.9 cm³/mol. The maximum Gasteiger partial charge on any atom is 0.265 e. The van der Waals surface area contributed by atoms with Gasteiger partial charge in [-0.3, -0.25) is 9.69 Å². The van der Waals surface area contributed by atoms with Crippen molar-refractivity contribution in [3.8, 4) is 0 Å². The average molecular weight is 342 g/mol. The van der Waals surface area contributed by atoms with Crippen LogP contribution in [-0.4, -0.2) is 40.6 Å². The first kappa shape index (κ1) is 14.2. The number of hydrogen-bond acceptors (Lipinski definition) is 4. The number of morpholine rings is 1. The van der Waals surface area contributed by atoms with E-state index >= 15 is 0 Å². The number of aromatic nitrogens is 2. The smallest absolute Gasteiger partial charge is 0.265 e. The van der Waals surface area contributed by atoms with E-state index in [1.54, 1.807) is 0 Å². The minimum Gasteiger partial charge on any atom is -0.368 e. The Hall–Kier alpha value is -0.720. The van der Waals surface area contributed by atoms with E-state index in [1.807, 2.05) is 0 Å². The van der Waals surface area contributed by atoms with Crippen LogP contribution in [0.25, 0.3) is 0 Å². The number of ether oxygens (including phenoxy) is 1. The van der Waals surface area contributed by atoms with Gasteiger partial charge in [0.15, 0.2) is 0 Å². The molecule has 0 aromatic carbocycles. The Morgan fingerprint density at radius 2 is 2.20 bits per heavy atom. The molecular weight excluding hydrogens is 322 g/mol. The van der Waals surface area contributed by atoms with E-state index in [9.17, 15) is 4.79 Å². The van der Waals surface area contributed by atoms with Gasteiger partial charge in [-0.05, 0) is 42.6 Å². The fraction of sp³-hybridized carbons (Fsp3) is 0.714. The van der Waals surface area contributed by atoms with Crippen molar-refractivity contribution in [1.82, 2.24) is 14.9 Å².